The predicted molar refractivity (Wildman–Crippen MR) is 110 cm³/mol. The molecule has 0 saturated carbocycles. The minimum atomic E-state index is -0.295. The summed E-state index contributed by atoms with van der Waals surface area (Å²) in [5, 5.41) is 6.60. The molecule has 2 aromatic heterocycles. The molecule has 6 nitrogen and oxygen atoms in total. The third-order valence-electron chi connectivity index (χ3n) is 4.29. The highest BCUT2D eigenvalue weighted by Crippen LogP contribution is 2.23. The first kappa shape index (κ1) is 17.5. The van der Waals surface area contributed by atoms with Gasteiger partial charge < -0.3 is 15.6 Å². The molecule has 138 valence electrons. The summed E-state index contributed by atoms with van der Waals surface area (Å²) in [6.07, 6.45) is 1.89. The Morgan fingerprint density at radius 3 is 2.39 bits per heavy atom. The number of nitrogens with zero attached hydrogens (tertiary/aromatic N) is 1. The van der Waals surface area contributed by atoms with E-state index in [1.165, 1.54) is 6.92 Å². The molecule has 6 heteroatoms. The molecule has 0 saturated heterocycles. The number of amides is 2. The van der Waals surface area contributed by atoms with Gasteiger partial charge in [-0.2, -0.15) is 0 Å². The third-order valence-corrected chi connectivity index (χ3v) is 4.29. The zero-order valence-electron chi connectivity index (χ0n) is 15.2. The van der Waals surface area contributed by atoms with Crippen molar-refractivity contribution in [3.05, 3.63) is 78.6 Å². The Morgan fingerprint density at radius 2 is 1.64 bits per heavy atom. The minimum absolute atomic E-state index is 0.143. The molecule has 0 atom stereocenters. The standard InChI is InChI=1S/C22H18N4O2/c1-14(27)24-17-6-8-18(9-7-17)25-22(28)21-4-2-3-20(26-21)15-5-10-19-16(13-15)11-12-23-19/h2-13,23H,1H3,(H,24,27)(H,25,28). The first-order valence-corrected chi connectivity index (χ1v) is 8.82. The van der Waals surface area contributed by atoms with Crippen LogP contribution in [0.25, 0.3) is 22.2 Å². The van der Waals surface area contributed by atoms with Crippen molar-refractivity contribution in [1.82, 2.24) is 9.97 Å². The fourth-order valence-electron chi connectivity index (χ4n) is 2.97. The molecule has 0 fully saturated rings. The number of nitrogens with one attached hydrogen (secondary N) is 3. The van der Waals surface area contributed by atoms with Crippen LogP contribution in [0.4, 0.5) is 11.4 Å². The molecule has 2 amide bonds. The molecule has 3 N–H and O–H groups in total. The van der Waals surface area contributed by atoms with Crippen LogP contribution in [0.15, 0.2) is 72.9 Å². The second-order valence-electron chi connectivity index (χ2n) is 6.40. The van der Waals surface area contributed by atoms with Crippen molar-refractivity contribution >= 4 is 34.1 Å². The van der Waals surface area contributed by atoms with Gasteiger partial charge in [-0.15, -0.1) is 0 Å². The lowest BCUT2D eigenvalue weighted by molar-refractivity contribution is -0.114. The Morgan fingerprint density at radius 1 is 0.893 bits per heavy atom. The molecule has 0 radical (unpaired) electrons. The number of hydrogen-bond acceptors (Lipinski definition) is 3. The van der Waals surface area contributed by atoms with E-state index >= 15 is 0 Å². The van der Waals surface area contributed by atoms with Gasteiger partial charge in [-0.05, 0) is 54.6 Å². The van der Waals surface area contributed by atoms with Crippen LogP contribution >= 0.6 is 0 Å². The molecule has 28 heavy (non-hydrogen) atoms. The number of anilines is 2. The lowest BCUT2D eigenvalue weighted by atomic mass is 10.1. The number of hydrogen-bond donors (Lipinski definition) is 3. The number of benzene rings is 2. The molecular formula is C22H18N4O2. The number of rotatable bonds is 4. The summed E-state index contributed by atoms with van der Waals surface area (Å²) in [6.45, 7) is 1.45. The van der Waals surface area contributed by atoms with Crippen LogP contribution in [0.2, 0.25) is 0 Å². The van der Waals surface area contributed by atoms with Gasteiger partial charge in [-0.1, -0.05) is 12.1 Å². The Labute approximate surface area is 161 Å². The number of carbonyl (C=O) groups excluding carboxylic acids is 2. The largest absolute Gasteiger partial charge is 0.361 e. The van der Waals surface area contributed by atoms with E-state index in [1.807, 2.05) is 42.6 Å². The summed E-state index contributed by atoms with van der Waals surface area (Å²) >= 11 is 0. The van der Waals surface area contributed by atoms with Gasteiger partial charge in [0, 0.05) is 41.0 Å². The van der Waals surface area contributed by atoms with E-state index in [0.29, 0.717) is 17.1 Å². The molecule has 0 unspecified atom stereocenters. The maximum atomic E-state index is 12.6. The summed E-state index contributed by atoms with van der Waals surface area (Å²) in [6, 6.07) is 20.3. The van der Waals surface area contributed by atoms with Crippen molar-refractivity contribution in [3.8, 4) is 11.3 Å². The second kappa shape index (κ2) is 7.36. The molecular weight excluding hydrogens is 352 g/mol. The highest BCUT2D eigenvalue weighted by molar-refractivity contribution is 6.03. The van der Waals surface area contributed by atoms with Crippen LogP contribution in [0, 0.1) is 0 Å². The van der Waals surface area contributed by atoms with Crippen molar-refractivity contribution in [2.45, 2.75) is 6.92 Å². The van der Waals surface area contributed by atoms with Gasteiger partial charge in [0.25, 0.3) is 5.91 Å². The van der Waals surface area contributed by atoms with Crippen molar-refractivity contribution in [2.75, 3.05) is 10.6 Å². The zero-order chi connectivity index (χ0) is 19.5. The van der Waals surface area contributed by atoms with Crippen LogP contribution in [-0.4, -0.2) is 21.8 Å². The normalized spacial score (nSPS) is 10.6. The monoisotopic (exact) mass is 370 g/mol. The SMILES string of the molecule is CC(=O)Nc1ccc(NC(=O)c2cccc(-c3ccc4[nH]ccc4c3)n2)cc1. The molecule has 0 spiro atoms. The van der Waals surface area contributed by atoms with Gasteiger partial charge in [0.05, 0.1) is 5.69 Å². The molecule has 4 aromatic rings. The Balaban J connectivity index is 1.53. The number of H-pyrrole nitrogens is 1. The number of pyridine rings is 1. The van der Waals surface area contributed by atoms with Crippen LogP contribution in [0.3, 0.4) is 0 Å². The molecule has 0 bridgehead atoms. The lowest BCUT2D eigenvalue weighted by Crippen LogP contribution is -2.14. The topological polar surface area (TPSA) is 86.9 Å². The van der Waals surface area contributed by atoms with E-state index in [-0.39, 0.29) is 11.8 Å². The smallest absolute Gasteiger partial charge is 0.274 e. The van der Waals surface area contributed by atoms with Crippen LogP contribution < -0.4 is 10.6 Å². The van der Waals surface area contributed by atoms with Gasteiger partial charge in [0.1, 0.15) is 5.69 Å². The van der Waals surface area contributed by atoms with E-state index in [2.05, 4.69) is 20.6 Å². The zero-order valence-corrected chi connectivity index (χ0v) is 15.2. The Hall–Kier alpha value is -3.93. The molecule has 2 heterocycles. The fourth-order valence-corrected chi connectivity index (χ4v) is 2.97. The van der Waals surface area contributed by atoms with Crippen LogP contribution in [-0.2, 0) is 4.79 Å². The number of aromatic nitrogens is 2. The highest BCUT2D eigenvalue weighted by Gasteiger charge is 2.10. The molecule has 0 aliphatic heterocycles. The minimum Gasteiger partial charge on any atom is -0.361 e. The number of fused-ring (bicyclic) bond motifs is 1. The highest BCUT2D eigenvalue weighted by atomic mass is 16.2. The summed E-state index contributed by atoms with van der Waals surface area (Å²) in [7, 11) is 0. The van der Waals surface area contributed by atoms with Gasteiger partial charge >= 0.3 is 0 Å². The summed E-state index contributed by atoms with van der Waals surface area (Å²) in [5.41, 5.74) is 4.36. The van der Waals surface area contributed by atoms with Gasteiger partial charge in [0.15, 0.2) is 0 Å². The summed E-state index contributed by atoms with van der Waals surface area (Å²) < 4.78 is 0. The van der Waals surface area contributed by atoms with Crippen molar-refractivity contribution in [2.24, 2.45) is 0 Å². The number of carbonyl (C=O) groups is 2. The van der Waals surface area contributed by atoms with E-state index in [9.17, 15) is 9.59 Å². The van der Waals surface area contributed by atoms with Gasteiger partial charge in [-0.25, -0.2) is 4.98 Å². The van der Waals surface area contributed by atoms with Crippen LogP contribution in [0.5, 0.6) is 0 Å². The average molecular weight is 370 g/mol. The Bertz CT molecular complexity index is 1160. The average Bonchev–Trinajstić information content (AvgIpc) is 3.17. The Kier molecular flexibility index (Phi) is 4.60. The predicted octanol–water partition coefficient (Wildman–Crippen LogP) is 4.44. The number of aromatic amines is 1. The molecule has 4 rings (SSSR count). The summed E-state index contributed by atoms with van der Waals surface area (Å²) in [5.74, 6) is -0.438. The fraction of sp³-hybridized carbons (Fsp3) is 0.0455. The maximum absolute atomic E-state index is 12.6. The molecule has 0 aliphatic carbocycles. The van der Waals surface area contributed by atoms with Crippen LogP contribution in [0.1, 0.15) is 17.4 Å². The quantitative estimate of drug-likeness (QED) is 0.496. The maximum Gasteiger partial charge on any atom is 0.274 e. The first-order chi connectivity index (χ1) is 13.6. The van der Waals surface area contributed by atoms with E-state index in [0.717, 1.165) is 22.2 Å². The van der Waals surface area contributed by atoms with Crippen molar-refractivity contribution in [1.29, 1.82) is 0 Å². The second-order valence-corrected chi connectivity index (χ2v) is 6.40. The molecule has 0 aliphatic rings. The summed E-state index contributed by atoms with van der Waals surface area (Å²) in [4.78, 5) is 31.3. The third kappa shape index (κ3) is 3.76. The van der Waals surface area contributed by atoms with Crippen molar-refractivity contribution in [3.63, 3.8) is 0 Å². The first-order valence-electron chi connectivity index (χ1n) is 8.82. The van der Waals surface area contributed by atoms with E-state index < -0.39 is 0 Å². The van der Waals surface area contributed by atoms with Gasteiger partial charge in [0.2, 0.25) is 5.91 Å². The van der Waals surface area contributed by atoms with Crippen molar-refractivity contribution < 1.29 is 9.59 Å². The van der Waals surface area contributed by atoms with E-state index in [1.54, 1.807) is 30.3 Å². The molecule has 2 aromatic carbocycles. The lowest BCUT2D eigenvalue weighted by Gasteiger charge is -2.08. The van der Waals surface area contributed by atoms with E-state index in [4.69, 9.17) is 0 Å². The van der Waals surface area contributed by atoms with Gasteiger partial charge in [-0.3, -0.25) is 9.59 Å².